The first kappa shape index (κ1) is 10.6. The van der Waals surface area contributed by atoms with Crippen molar-refractivity contribution in [2.24, 2.45) is 7.05 Å². The molecule has 0 saturated carbocycles. The van der Waals surface area contributed by atoms with Gasteiger partial charge in [0.05, 0.1) is 16.9 Å². The summed E-state index contributed by atoms with van der Waals surface area (Å²) < 4.78 is 1.54. The van der Waals surface area contributed by atoms with Crippen molar-refractivity contribution in [3.63, 3.8) is 0 Å². The average Bonchev–Trinajstić information content (AvgIpc) is 2.83. The molecule has 16 heavy (non-hydrogen) atoms. The van der Waals surface area contributed by atoms with Crippen LogP contribution in [0, 0.1) is 6.92 Å². The van der Waals surface area contributed by atoms with Crippen molar-refractivity contribution in [1.29, 1.82) is 0 Å². The van der Waals surface area contributed by atoms with E-state index < -0.39 is 0 Å². The molecule has 3 N–H and O–H groups in total. The Balaban J connectivity index is 2.25. The zero-order valence-corrected chi connectivity index (χ0v) is 9.71. The molecule has 7 heteroatoms. The molecule has 0 aliphatic rings. The molecule has 0 bridgehead atoms. The van der Waals surface area contributed by atoms with Gasteiger partial charge < -0.3 is 11.1 Å². The van der Waals surface area contributed by atoms with Gasteiger partial charge in [-0.2, -0.15) is 5.10 Å². The topological polar surface area (TPSA) is 85.8 Å². The highest BCUT2D eigenvalue weighted by Gasteiger charge is 2.14. The highest BCUT2D eigenvalue weighted by molar-refractivity contribution is 7.07. The third-order valence-electron chi connectivity index (χ3n) is 2.17. The molecular formula is C9H11N5OS. The van der Waals surface area contributed by atoms with Gasteiger partial charge in [0.15, 0.2) is 5.82 Å². The van der Waals surface area contributed by atoms with Crippen molar-refractivity contribution in [2.45, 2.75) is 6.92 Å². The number of carbonyl (C=O) groups is 1. The zero-order chi connectivity index (χ0) is 11.7. The highest BCUT2D eigenvalue weighted by atomic mass is 32.1. The largest absolute Gasteiger partial charge is 0.394 e. The predicted octanol–water partition coefficient (Wildman–Crippen LogP) is 1.02. The number of amides is 1. The Morgan fingerprint density at radius 3 is 2.88 bits per heavy atom. The lowest BCUT2D eigenvalue weighted by molar-refractivity contribution is 0.102. The first-order valence-electron chi connectivity index (χ1n) is 4.58. The molecule has 2 rings (SSSR count). The summed E-state index contributed by atoms with van der Waals surface area (Å²) in [6, 6.07) is 0. The molecule has 1 amide bonds. The van der Waals surface area contributed by atoms with Crippen LogP contribution in [0.5, 0.6) is 0 Å². The lowest BCUT2D eigenvalue weighted by Crippen LogP contribution is -2.15. The van der Waals surface area contributed by atoms with Gasteiger partial charge in [-0.15, -0.1) is 11.3 Å². The fourth-order valence-electron chi connectivity index (χ4n) is 1.32. The first-order chi connectivity index (χ1) is 7.59. The van der Waals surface area contributed by atoms with Crippen LogP contribution in [0.1, 0.15) is 16.2 Å². The quantitative estimate of drug-likeness (QED) is 0.816. The maximum Gasteiger partial charge on any atom is 0.276 e. The van der Waals surface area contributed by atoms with Gasteiger partial charge in [0.25, 0.3) is 5.91 Å². The van der Waals surface area contributed by atoms with Crippen LogP contribution in [0.2, 0.25) is 0 Å². The number of thiazole rings is 1. The maximum absolute atomic E-state index is 11.7. The Hall–Kier alpha value is -1.89. The van der Waals surface area contributed by atoms with Crippen molar-refractivity contribution in [3.05, 3.63) is 22.3 Å². The summed E-state index contributed by atoms with van der Waals surface area (Å²) >= 11 is 1.37. The van der Waals surface area contributed by atoms with Crippen LogP contribution < -0.4 is 11.1 Å². The predicted molar refractivity (Wildman–Crippen MR) is 62.4 cm³/mol. The molecular weight excluding hydrogens is 226 g/mol. The summed E-state index contributed by atoms with van der Waals surface area (Å²) in [5.74, 6) is 0.214. The zero-order valence-electron chi connectivity index (χ0n) is 8.89. The maximum atomic E-state index is 11.7. The summed E-state index contributed by atoms with van der Waals surface area (Å²) in [6.07, 6.45) is 0. The Labute approximate surface area is 96.1 Å². The van der Waals surface area contributed by atoms with E-state index in [1.54, 1.807) is 24.9 Å². The molecule has 0 aromatic carbocycles. The average molecular weight is 237 g/mol. The summed E-state index contributed by atoms with van der Waals surface area (Å²) in [7, 11) is 1.72. The van der Waals surface area contributed by atoms with Crippen LogP contribution >= 0.6 is 11.3 Å². The second kappa shape index (κ2) is 3.93. The summed E-state index contributed by atoms with van der Waals surface area (Å²) in [5, 5.41) is 8.46. The van der Waals surface area contributed by atoms with Gasteiger partial charge in [-0.25, -0.2) is 4.98 Å². The summed E-state index contributed by atoms with van der Waals surface area (Å²) in [5.41, 5.74) is 8.94. The van der Waals surface area contributed by atoms with E-state index in [0.29, 0.717) is 22.9 Å². The standard InChI is InChI=1S/C9H11N5OS/c1-5-7(10)8(14(2)13-5)12-9(15)6-3-16-4-11-6/h3-4H,10H2,1-2H3,(H,12,15). The van der Waals surface area contributed by atoms with Crippen molar-refractivity contribution >= 4 is 28.7 Å². The molecule has 2 aromatic heterocycles. The van der Waals surface area contributed by atoms with Gasteiger partial charge in [-0.3, -0.25) is 9.48 Å². The minimum atomic E-state index is -0.282. The summed E-state index contributed by atoms with van der Waals surface area (Å²) in [6.45, 7) is 1.79. The number of aromatic nitrogens is 3. The van der Waals surface area contributed by atoms with Gasteiger partial charge >= 0.3 is 0 Å². The Morgan fingerprint density at radius 2 is 2.38 bits per heavy atom. The number of anilines is 2. The van der Waals surface area contributed by atoms with Crippen molar-refractivity contribution in [1.82, 2.24) is 14.8 Å². The molecule has 0 atom stereocenters. The number of nitrogens with two attached hydrogens (primary N) is 1. The van der Waals surface area contributed by atoms with Gasteiger partial charge in [-0.05, 0) is 6.92 Å². The van der Waals surface area contributed by atoms with E-state index in [2.05, 4.69) is 15.4 Å². The van der Waals surface area contributed by atoms with Crippen molar-refractivity contribution < 1.29 is 4.79 Å². The lowest BCUT2D eigenvalue weighted by Gasteiger charge is -2.04. The molecule has 6 nitrogen and oxygen atoms in total. The van der Waals surface area contributed by atoms with Gasteiger partial charge in [-0.1, -0.05) is 0 Å². The van der Waals surface area contributed by atoms with E-state index in [-0.39, 0.29) is 5.91 Å². The van der Waals surface area contributed by atoms with Crippen LogP contribution in [0.15, 0.2) is 10.9 Å². The molecule has 84 valence electrons. The number of hydrogen-bond donors (Lipinski definition) is 2. The lowest BCUT2D eigenvalue weighted by atomic mass is 10.3. The Bertz CT molecular complexity index is 516. The molecule has 0 aliphatic carbocycles. The molecule has 2 aromatic rings. The van der Waals surface area contributed by atoms with Crippen LogP contribution in [-0.4, -0.2) is 20.7 Å². The number of aryl methyl sites for hydroxylation is 2. The summed E-state index contributed by atoms with van der Waals surface area (Å²) in [4.78, 5) is 15.6. The molecule has 0 saturated heterocycles. The minimum absolute atomic E-state index is 0.282. The van der Waals surface area contributed by atoms with Crippen LogP contribution in [0.4, 0.5) is 11.5 Å². The number of nitrogens with one attached hydrogen (secondary N) is 1. The highest BCUT2D eigenvalue weighted by Crippen LogP contribution is 2.21. The number of nitrogens with zero attached hydrogens (tertiary/aromatic N) is 3. The number of rotatable bonds is 2. The third-order valence-corrected chi connectivity index (χ3v) is 2.75. The van der Waals surface area contributed by atoms with Gasteiger partial charge in [0.2, 0.25) is 0 Å². The van der Waals surface area contributed by atoms with Crippen LogP contribution in [-0.2, 0) is 7.05 Å². The van der Waals surface area contributed by atoms with Crippen molar-refractivity contribution in [3.8, 4) is 0 Å². The van der Waals surface area contributed by atoms with E-state index in [4.69, 9.17) is 5.73 Å². The molecule has 0 spiro atoms. The normalized spacial score (nSPS) is 10.4. The molecule has 0 aliphatic heterocycles. The van der Waals surface area contributed by atoms with Gasteiger partial charge in [0, 0.05) is 12.4 Å². The fraction of sp³-hybridized carbons (Fsp3) is 0.222. The fourth-order valence-corrected chi connectivity index (χ4v) is 1.85. The molecule has 0 radical (unpaired) electrons. The van der Waals surface area contributed by atoms with Crippen LogP contribution in [0.25, 0.3) is 0 Å². The molecule has 0 fully saturated rings. The van der Waals surface area contributed by atoms with E-state index in [1.165, 1.54) is 16.0 Å². The number of hydrogen-bond acceptors (Lipinski definition) is 5. The van der Waals surface area contributed by atoms with E-state index in [0.717, 1.165) is 0 Å². The minimum Gasteiger partial charge on any atom is -0.394 e. The third kappa shape index (κ3) is 1.76. The second-order valence-corrected chi connectivity index (χ2v) is 4.02. The SMILES string of the molecule is Cc1nn(C)c(NC(=O)c2cscn2)c1N. The number of nitrogen functional groups attached to an aromatic ring is 1. The van der Waals surface area contributed by atoms with Crippen molar-refractivity contribution in [2.75, 3.05) is 11.1 Å². The Morgan fingerprint density at radius 1 is 1.62 bits per heavy atom. The smallest absolute Gasteiger partial charge is 0.276 e. The number of carbonyl (C=O) groups excluding carboxylic acids is 1. The van der Waals surface area contributed by atoms with E-state index in [1.807, 2.05) is 0 Å². The monoisotopic (exact) mass is 237 g/mol. The molecule has 0 unspecified atom stereocenters. The van der Waals surface area contributed by atoms with Gasteiger partial charge in [0.1, 0.15) is 5.69 Å². The van der Waals surface area contributed by atoms with E-state index >= 15 is 0 Å². The van der Waals surface area contributed by atoms with E-state index in [9.17, 15) is 4.79 Å². The first-order valence-corrected chi connectivity index (χ1v) is 5.52. The second-order valence-electron chi connectivity index (χ2n) is 3.30. The van der Waals surface area contributed by atoms with Crippen LogP contribution in [0.3, 0.4) is 0 Å². The Kier molecular flexibility index (Phi) is 2.61. The molecule has 2 heterocycles.